The molecule has 0 spiro atoms. The van der Waals surface area contributed by atoms with E-state index in [0.29, 0.717) is 6.42 Å². The molecule has 0 amide bonds. The molecule has 0 bridgehead atoms. The summed E-state index contributed by atoms with van der Waals surface area (Å²) in [7, 11) is 0. The molecule has 0 unspecified atom stereocenters. The molecular weight excluding hydrogens is 182 g/mol. The van der Waals surface area contributed by atoms with E-state index in [2.05, 4.69) is 15.6 Å². The summed E-state index contributed by atoms with van der Waals surface area (Å²) in [5.74, 6) is -0.135. The van der Waals surface area contributed by atoms with Crippen LogP contribution in [0.15, 0.2) is 4.99 Å². The van der Waals surface area contributed by atoms with Gasteiger partial charge in [0.15, 0.2) is 5.96 Å². The number of aliphatic carboxylic acids is 1. The number of nitrogens with zero attached hydrogens (tertiary/aromatic N) is 1. The highest BCUT2D eigenvalue weighted by Crippen LogP contribution is 2.04. The van der Waals surface area contributed by atoms with Gasteiger partial charge in [-0.15, -0.1) is 0 Å². The minimum Gasteiger partial charge on any atom is -0.481 e. The number of hydrogen-bond donors (Lipinski definition) is 3. The van der Waals surface area contributed by atoms with E-state index in [1.54, 1.807) is 6.92 Å². The van der Waals surface area contributed by atoms with Crippen molar-refractivity contribution in [2.75, 3.05) is 19.6 Å². The number of guanidine groups is 1. The normalized spacial score (nSPS) is 17.1. The molecule has 14 heavy (non-hydrogen) atoms. The number of hydrogen-bond acceptors (Lipinski definition) is 4. The van der Waals surface area contributed by atoms with Gasteiger partial charge in [-0.25, -0.2) is 0 Å². The molecule has 5 nitrogen and oxygen atoms in total. The van der Waals surface area contributed by atoms with Crippen molar-refractivity contribution in [3.8, 4) is 0 Å². The number of rotatable bonds is 5. The Morgan fingerprint density at radius 3 is 3.14 bits per heavy atom. The topological polar surface area (TPSA) is 73.7 Å². The minimum absolute atomic E-state index is 0.254. The first-order chi connectivity index (χ1) is 6.70. The van der Waals surface area contributed by atoms with Crippen molar-refractivity contribution >= 4 is 11.9 Å². The van der Waals surface area contributed by atoms with Gasteiger partial charge in [-0.2, -0.15) is 0 Å². The van der Waals surface area contributed by atoms with Crippen LogP contribution in [0.5, 0.6) is 0 Å². The third-order valence-corrected chi connectivity index (χ3v) is 2.20. The van der Waals surface area contributed by atoms with Crippen LogP contribution in [-0.4, -0.2) is 36.7 Å². The standard InChI is InChI=1S/C9H17N3O2/c1-7(8(13)14)3-2-4-10-9-11-5-6-12-9/h7H,2-6H2,1H3,(H,13,14)(H2,10,11,12)/t7-/m0/s1. The third-order valence-electron chi connectivity index (χ3n) is 2.20. The molecule has 1 rings (SSSR count). The van der Waals surface area contributed by atoms with E-state index in [0.717, 1.165) is 32.0 Å². The van der Waals surface area contributed by atoms with Gasteiger partial charge in [-0.1, -0.05) is 6.92 Å². The van der Waals surface area contributed by atoms with E-state index in [9.17, 15) is 4.79 Å². The Labute approximate surface area is 83.6 Å². The summed E-state index contributed by atoms with van der Waals surface area (Å²) in [6, 6.07) is 0. The Kier molecular flexibility index (Phi) is 4.22. The van der Waals surface area contributed by atoms with Crippen LogP contribution in [0.2, 0.25) is 0 Å². The third kappa shape index (κ3) is 3.64. The molecule has 3 N–H and O–H groups in total. The predicted molar refractivity (Wildman–Crippen MR) is 54.3 cm³/mol. The molecule has 1 atom stereocenters. The zero-order chi connectivity index (χ0) is 10.4. The SMILES string of the molecule is C[C@@H](CCCNC1=NCCN1)C(=O)O. The van der Waals surface area contributed by atoms with Gasteiger partial charge in [-0.05, 0) is 12.8 Å². The number of carbonyl (C=O) groups is 1. The van der Waals surface area contributed by atoms with Crippen LogP contribution in [0.25, 0.3) is 0 Å². The highest BCUT2D eigenvalue weighted by Gasteiger charge is 2.10. The Morgan fingerprint density at radius 2 is 2.57 bits per heavy atom. The summed E-state index contributed by atoms with van der Waals surface area (Å²) in [5.41, 5.74) is 0. The second-order valence-corrected chi connectivity index (χ2v) is 3.47. The van der Waals surface area contributed by atoms with Crippen LogP contribution < -0.4 is 10.6 Å². The van der Waals surface area contributed by atoms with E-state index in [1.807, 2.05) is 0 Å². The second-order valence-electron chi connectivity index (χ2n) is 3.47. The van der Waals surface area contributed by atoms with Gasteiger partial charge in [0.2, 0.25) is 0 Å². The molecule has 0 aromatic rings. The average Bonchev–Trinajstić information content (AvgIpc) is 2.64. The first-order valence-electron chi connectivity index (χ1n) is 4.95. The molecule has 1 aliphatic rings. The average molecular weight is 199 g/mol. The maximum absolute atomic E-state index is 10.5. The fraction of sp³-hybridized carbons (Fsp3) is 0.778. The van der Waals surface area contributed by atoms with Crippen molar-refractivity contribution in [3.63, 3.8) is 0 Å². The highest BCUT2D eigenvalue weighted by molar-refractivity contribution is 5.81. The summed E-state index contributed by atoms with van der Waals surface area (Å²) >= 11 is 0. The van der Waals surface area contributed by atoms with Crippen molar-refractivity contribution in [2.45, 2.75) is 19.8 Å². The van der Waals surface area contributed by atoms with Crippen molar-refractivity contribution in [1.82, 2.24) is 10.6 Å². The molecule has 5 heteroatoms. The maximum atomic E-state index is 10.5. The molecule has 0 fully saturated rings. The van der Waals surface area contributed by atoms with Gasteiger partial charge < -0.3 is 15.7 Å². The molecule has 1 heterocycles. The van der Waals surface area contributed by atoms with Crippen LogP contribution in [0.4, 0.5) is 0 Å². The molecule has 0 aliphatic carbocycles. The highest BCUT2D eigenvalue weighted by atomic mass is 16.4. The van der Waals surface area contributed by atoms with Gasteiger partial charge in [0, 0.05) is 13.1 Å². The van der Waals surface area contributed by atoms with E-state index in [-0.39, 0.29) is 5.92 Å². The molecule has 1 aliphatic heterocycles. The minimum atomic E-state index is -0.721. The molecule has 0 saturated heterocycles. The van der Waals surface area contributed by atoms with Crippen LogP contribution in [-0.2, 0) is 4.79 Å². The number of carboxylic acid groups (broad SMARTS) is 1. The van der Waals surface area contributed by atoms with Gasteiger partial charge >= 0.3 is 5.97 Å². The van der Waals surface area contributed by atoms with Gasteiger partial charge in [0.25, 0.3) is 0 Å². The maximum Gasteiger partial charge on any atom is 0.306 e. The molecular formula is C9H17N3O2. The molecule has 0 radical (unpaired) electrons. The van der Waals surface area contributed by atoms with Gasteiger partial charge in [0.1, 0.15) is 0 Å². The van der Waals surface area contributed by atoms with E-state index in [1.165, 1.54) is 0 Å². The lowest BCUT2D eigenvalue weighted by molar-refractivity contribution is -0.141. The quantitative estimate of drug-likeness (QED) is 0.546. The smallest absolute Gasteiger partial charge is 0.306 e. The van der Waals surface area contributed by atoms with E-state index in [4.69, 9.17) is 5.11 Å². The first-order valence-corrected chi connectivity index (χ1v) is 4.95. The molecule has 0 aromatic heterocycles. The Bertz CT molecular complexity index is 228. The van der Waals surface area contributed by atoms with Crippen LogP contribution in [0, 0.1) is 5.92 Å². The largest absolute Gasteiger partial charge is 0.481 e. The van der Waals surface area contributed by atoms with Crippen molar-refractivity contribution in [2.24, 2.45) is 10.9 Å². The summed E-state index contributed by atoms with van der Waals surface area (Å²) in [6.45, 7) is 4.23. The van der Waals surface area contributed by atoms with Crippen LogP contribution >= 0.6 is 0 Å². The van der Waals surface area contributed by atoms with Gasteiger partial charge in [0.05, 0.1) is 12.5 Å². The molecule has 0 saturated carbocycles. The number of aliphatic imine (C=N–C) groups is 1. The lowest BCUT2D eigenvalue weighted by Crippen LogP contribution is -2.34. The van der Waals surface area contributed by atoms with Crippen LogP contribution in [0.3, 0.4) is 0 Å². The monoisotopic (exact) mass is 199 g/mol. The summed E-state index contributed by atoms with van der Waals surface area (Å²) in [6.07, 6.45) is 1.56. The predicted octanol–water partition coefficient (Wildman–Crippen LogP) is 0.0361. The fourth-order valence-corrected chi connectivity index (χ4v) is 1.25. The summed E-state index contributed by atoms with van der Waals surface area (Å²) < 4.78 is 0. The number of nitrogens with one attached hydrogen (secondary N) is 2. The summed E-state index contributed by atoms with van der Waals surface area (Å²) in [5, 5.41) is 14.8. The first kappa shape index (κ1) is 10.8. The second kappa shape index (κ2) is 5.47. The summed E-state index contributed by atoms with van der Waals surface area (Å²) in [4.78, 5) is 14.7. The Morgan fingerprint density at radius 1 is 1.79 bits per heavy atom. The van der Waals surface area contributed by atoms with Crippen molar-refractivity contribution in [3.05, 3.63) is 0 Å². The van der Waals surface area contributed by atoms with Crippen molar-refractivity contribution in [1.29, 1.82) is 0 Å². The molecule has 80 valence electrons. The fourth-order valence-electron chi connectivity index (χ4n) is 1.25. The molecule has 0 aromatic carbocycles. The lowest BCUT2D eigenvalue weighted by atomic mass is 10.1. The zero-order valence-electron chi connectivity index (χ0n) is 8.42. The van der Waals surface area contributed by atoms with Gasteiger partial charge in [-0.3, -0.25) is 9.79 Å². The Balaban J connectivity index is 2.01. The number of carboxylic acids is 1. The van der Waals surface area contributed by atoms with Crippen LogP contribution in [0.1, 0.15) is 19.8 Å². The van der Waals surface area contributed by atoms with Crippen molar-refractivity contribution < 1.29 is 9.90 Å². The lowest BCUT2D eigenvalue weighted by Gasteiger charge is -2.08. The Hall–Kier alpha value is -1.26. The zero-order valence-corrected chi connectivity index (χ0v) is 8.42. The van der Waals surface area contributed by atoms with E-state index >= 15 is 0 Å². The van der Waals surface area contributed by atoms with E-state index < -0.39 is 5.97 Å².